The fourth-order valence-electron chi connectivity index (χ4n) is 2.92. The summed E-state index contributed by atoms with van der Waals surface area (Å²) in [5, 5.41) is 21.8. The van der Waals surface area contributed by atoms with Gasteiger partial charge in [0, 0.05) is 13.7 Å². The number of aliphatic hydroxyl groups excluding tert-OH is 1. The predicted octanol–water partition coefficient (Wildman–Crippen LogP) is 0.641. The number of methoxy groups -OCH3 is 1. The van der Waals surface area contributed by atoms with Crippen LogP contribution in [0.5, 0.6) is 0 Å². The van der Waals surface area contributed by atoms with E-state index in [0.717, 1.165) is 5.56 Å². The molecular formula is C15H20FN5O2. The average molecular weight is 321 g/mol. The summed E-state index contributed by atoms with van der Waals surface area (Å²) in [6.07, 6.45) is 0.930. The molecule has 0 bridgehead atoms. The number of hydrogen-bond donors (Lipinski definition) is 1. The van der Waals surface area contributed by atoms with Crippen molar-refractivity contribution in [2.24, 2.45) is 0 Å². The number of halogens is 1. The fourth-order valence-corrected chi connectivity index (χ4v) is 2.92. The average Bonchev–Trinajstić information content (AvgIpc) is 3.13. The van der Waals surface area contributed by atoms with Gasteiger partial charge >= 0.3 is 0 Å². The molecule has 1 fully saturated rings. The Morgan fingerprint density at radius 3 is 2.87 bits per heavy atom. The molecule has 1 aliphatic heterocycles. The van der Waals surface area contributed by atoms with E-state index in [0.29, 0.717) is 38.5 Å². The molecule has 1 saturated heterocycles. The minimum Gasteiger partial charge on any atom is -0.391 e. The van der Waals surface area contributed by atoms with Crippen LogP contribution in [0, 0.1) is 5.82 Å². The van der Waals surface area contributed by atoms with Crippen LogP contribution in [0.4, 0.5) is 10.3 Å². The monoisotopic (exact) mass is 321 g/mol. The van der Waals surface area contributed by atoms with Gasteiger partial charge in [0.1, 0.15) is 5.82 Å². The highest BCUT2D eigenvalue weighted by Crippen LogP contribution is 2.23. The quantitative estimate of drug-likeness (QED) is 0.841. The maximum atomic E-state index is 12.9. The van der Waals surface area contributed by atoms with E-state index in [1.54, 1.807) is 23.9 Å². The van der Waals surface area contributed by atoms with Gasteiger partial charge in [-0.25, -0.2) is 9.07 Å². The zero-order valence-corrected chi connectivity index (χ0v) is 13.0. The molecule has 0 radical (unpaired) electrons. The summed E-state index contributed by atoms with van der Waals surface area (Å²) in [6, 6.07) is 6.47. The standard InChI is InChI=1S/C15H20FN5O2/c1-23-10-13-8-14(22)9-20(13)15-17-18-19-21(15)7-6-11-2-4-12(16)5-3-11/h2-5,13-14,22H,6-10H2,1H3/t13-,14-/m1/s1. The van der Waals surface area contributed by atoms with Gasteiger partial charge in [0.25, 0.3) is 0 Å². The Bertz CT molecular complexity index is 633. The van der Waals surface area contributed by atoms with Gasteiger partial charge in [-0.1, -0.05) is 17.2 Å². The third-order valence-electron chi connectivity index (χ3n) is 4.05. The summed E-state index contributed by atoms with van der Waals surface area (Å²) in [4.78, 5) is 1.98. The van der Waals surface area contributed by atoms with Crippen molar-refractivity contribution in [3.05, 3.63) is 35.6 Å². The number of aryl methyl sites for hydroxylation is 2. The van der Waals surface area contributed by atoms with Gasteiger partial charge in [0.2, 0.25) is 5.95 Å². The largest absolute Gasteiger partial charge is 0.391 e. The Labute approximate surface area is 133 Å². The Kier molecular flexibility index (Phi) is 4.82. The maximum absolute atomic E-state index is 12.9. The van der Waals surface area contributed by atoms with Crippen molar-refractivity contribution in [2.45, 2.75) is 31.5 Å². The minimum absolute atomic E-state index is 0.0607. The minimum atomic E-state index is -0.405. The molecule has 1 N–H and O–H groups in total. The second-order valence-electron chi connectivity index (χ2n) is 5.73. The van der Waals surface area contributed by atoms with Crippen LogP contribution in [0.25, 0.3) is 0 Å². The number of β-amino-alcohol motifs (C(OH)–C–C–N with tert-alkyl or cyclic N) is 1. The molecule has 0 spiro atoms. The summed E-state index contributed by atoms with van der Waals surface area (Å²) >= 11 is 0. The molecule has 2 aromatic rings. The highest BCUT2D eigenvalue weighted by molar-refractivity contribution is 5.33. The van der Waals surface area contributed by atoms with E-state index in [4.69, 9.17) is 4.74 Å². The van der Waals surface area contributed by atoms with Gasteiger partial charge in [-0.2, -0.15) is 0 Å². The van der Waals surface area contributed by atoms with Crippen LogP contribution in [0.15, 0.2) is 24.3 Å². The molecule has 3 rings (SSSR count). The molecule has 1 aliphatic rings. The molecule has 2 atom stereocenters. The zero-order chi connectivity index (χ0) is 16.2. The van der Waals surface area contributed by atoms with Crippen molar-refractivity contribution in [1.29, 1.82) is 0 Å². The lowest BCUT2D eigenvalue weighted by molar-refractivity contribution is 0.159. The van der Waals surface area contributed by atoms with Crippen molar-refractivity contribution in [2.75, 3.05) is 25.2 Å². The zero-order valence-electron chi connectivity index (χ0n) is 13.0. The number of aromatic nitrogens is 4. The molecule has 8 heteroatoms. The van der Waals surface area contributed by atoms with Crippen LogP contribution in [0.3, 0.4) is 0 Å². The molecule has 124 valence electrons. The topological polar surface area (TPSA) is 76.3 Å². The summed E-state index contributed by atoms with van der Waals surface area (Å²) in [5.41, 5.74) is 1.02. The Morgan fingerprint density at radius 2 is 2.13 bits per heavy atom. The summed E-state index contributed by atoms with van der Waals surface area (Å²) in [7, 11) is 1.64. The second-order valence-corrected chi connectivity index (χ2v) is 5.73. The number of rotatable bonds is 6. The van der Waals surface area contributed by atoms with E-state index in [1.807, 2.05) is 4.90 Å². The maximum Gasteiger partial charge on any atom is 0.245 e. The van der Waals surface area contributed by atoms with Gasteiger partial charge in [-0.15, -0.1) is 0 Å². The number of aliphatic hydroxyl groups is 1. The van der Waals surface area contributed by atoms with E-state index < -0.39 is 6.10 Å². The van der Waals surface area contributed by atoms with Crippen LogP contribution < -0.4 is 4.90 Å². The smallest absolute Gasteiger partial charge is 0.245 e. The molecule has 7 nitrogen and oxygen atoms in total. The van der Waals surface area contributed by atoms with Crippen LogP contribution in [-0.2, 0) is 17.7 Å². The molecule has 1 aromatic carbocycles. The number of tetrazole rings is 1. The van der Waals surface area contributed by atoms with Gasteiger partial charge < -0.3 is 14.7 Å². The number of anilines is 1. The molecule has 0 aliphatic carbocycles. The molecular weight excluding hydrogens is 301 g/mol. The van der Waals surface area contributed by atoms with Gasteiger partial charge in [-0.05, 0) is 41.0 Å². The molecule has 0 saturated carbocycles. The van der Waals surface area contributed by atoms with Crippen molar-refractivity contribution in [1.82, 2.24) is 20.2 Å². The van der Waals surface area contributed by atoms with Crippen LogP contribution in [0.1, 0.15) is 12.0 Å². The molecule has 2 heterocycles. The molecule has 0 unspecified atom stereocenters. The predicted molar refractivity (Wildman–Crippen MR) is 81.6 cm³/mol. The van der Waals surface area contributed by atoms with Crippen molar-refractivity contribution >= 4 is 5.95 Å². The highest BCUT2D eigenvalue weighted by atomic mass is 19.1. The van der Waals surface area contributed by atoms with Crippen molar-refractivity contribution in [3.8, 4) is 0 Å². The first-order chi connectivity index (χ1) is 11.2. The van der Waals surface area contributed by atoms with Gasteiger partial charge in [0.15, 0.2) is 0 Å². The third-order valence-corrected chi connectivity index (χ3v) is 4.05. The first-order valence-corrected chi connectivity index (χ1v) is 7.61. The van der Waals surface area contributed by atoms with E-state index in [2.05, 4.69) is 15.5 Å². The van der Waals surface area contributed by atoms with E-state index >= 15 is 0 Å². The SMILES string of the molecule is COC[C@H]1C[C@@H](O)CN1c1nnnn1CCc1ccc(F)cc1. The molecule has 1 aromatic heterocycles. The van der Waals surface area contributed by atoms with Gasteiger partial charge in [-0.3, -0.25) is 0 Å². The summed E-state index contributed by atoms with van der Waals surface area (Å²) < 4.78 is 19.9. The first kappa shape index (κ1) is 15.8. The Morgan fingerprint density at radius 1 is 1.35 bits per heavy atom. The van der Waals surface area contributed by atoms with Crippen molar-refractivity contribution < 1.29 is 14.2 Å². The second kappa shape index (κ2) is 7.01. The Balaban J connectivity index is 1.70. The summed E-state index contributed by atoms with van der Waals surface area (Å²) in [5.74, 6) is 0.385. The van der Waals surface area contributed by atoms with E-state index in [1.165, 1.54) is 12.1 Å². The summed E-state index contributed by atoms with van der Waals surface area (Å²) in [6.45, 7) is 1.59. The number of benzene rings is 1. The molecule has 23 heavy (non-hydrogen) atoms. The van der Waals surface area contributed by atoms with E-state index in [9.17, 15) is 9.50 Å². The normalized spacial score (nSPS) is 21.1. The highest BCUT2D eigenvalue weighted by Gasteiger charge is 2.34. The van der Waals surface area contributed by atoms with Crippen molar-refractivity contribution in [3.63, 3.8) is 0 Å². The lowest BCUT2D eigenvalue weighted by Gasteiger charge is -2.23. The number of ether oxygens (including phenoxy) is 1. The van der Waals surface area contributed by atoms with Gasteiger partial charge in [0.05, 0.1) is 25.3 Å². The number of nitrogens with zero attached hydrogens (tertiary/aromatic N) is 5. The Hall–Kier alpha value is -2.06. The number of hydrogen-bond acceptors (Lipinski definition) is 6. The van der Waals surface area contributed by atoms with Crippen LogP contribution in [0.2, 0.25) is 0 Å². The van der Waals surface area contributed by atoms with Crippen LogP contribution in [-0.4, -0.2) is 57.7 Å². The lowest BCUT2D eigenvalue weighted by atomic mass is 10.1. The third kappa shape index (κ3) is 3.65. The molecule has 0 amide bonds. The lowest BCUT2D eigenvalue weighted by Crippen LogP contribution is -2.35. The van der Waals surface area contributed by atoms with E-state index in [-0.39, 0.29) is 11.9 Å². The fraction of sp³-hybridized carbons (Fsp3) is 0.533. The first-order valence-electron chi connectivity index (χ1n) is 7.61. The van der Waals surface area contributed by atoms with Crippen LogP contribution >= 0.6 is 0 Å².